The van der Waals surface area contributed by atoms with Gasteiger partial charge in [0, 0.05) is 10.9 Å². The van der Waals surface area contributed by atoms with Crippen LogP contribution >= 0.6 is 35.3 Å². The first kappa shape index (κ1) is 15.8. The Balaban J connectivity index is 0.00000162. The van der Waals surface area contributed by atoms with Gasteiger partial charge in [-0.3, -0.25) is 0 Å². The number of nitrogens with zero attached hydrogens (tertiary/aromatic N) is 1. The molecule has 1 saturated carbocycles. The monoisotopic (exact) mass is 379 g/mol. The van der Waals surface area contributed by atoms with E-state index >= 15 is 0 Å². The van der Waals surface area contributed by atoms with Crippen molar-refractivity contribution in [3.05, 3.63) is 22.4 Å². The van der Waals surface area contributed by atoms with Gasteiger partial charge in [-0.2, -0.15) is 0 Å². The summed E-state index contributed by atoms with van der Waals surface area (Å²) < 4.78 is 0. The molecule has 1 aliphatic rings. The van der Waals surface area contributed by atoms with Gasteiger partial charge in [0.1, 0.15) is 0 Å². The van der Waals surface area contributed by atoms with Crippen LogP contribution in [-0.2, 0) is 6.54 Å². The van der Waals surface area contributed by atoms with E-state index < -0.39 is 0 Å². The van der Waals surface area contributed by atoms with Crippen LogP contribution < -0.4 is 11.1 Å². The van der Waals surface area contributed by atoms with Crippen molar-refractivity contribution >= 4 is 41.3 Å². The molecule has 1 aliphatic carbocycles. The van der Waals surface area contributed by atoms with Crippen LogP contribution in [0.1, 0.15) is 43.4 Å². The van der Waals surface area contributed by atoms with Gasteiger partial charge in [-0.1, -0.05) is 31.7 Å². The van der Waals surface area contributed by atoms with E-state index in [1.54, 1.807) is 11.3 Å². The molecule has 0 unspecified atom stereocenters. The number of nitrogens with one attached hydrogen (secondary N) is 1. The van der Waals surface area contributed by atoms with Gasteiger partial charge < -0.3 is 11.1 Å². The molecule has 0 amide bonds. The largest absolute Gasteiger partial charge is 0.370 e. The summed E-state index contributed by atoms with van der Waals surface area (Å²) in [5.41, 5.74) is 5.92. The summed E-state index contributed by atoms with van der Waals surface area (Å²) in [6.07, 6.45) is 7.82. The third-order valence-corrected chi connectivity index (χ3v) is 4.05. The third-order valence-electron chi connectivity index (χ3n) is 3.19. The van der Waals surface area contributed by atoms with Crippen LogP contribution in [0.3, 0.4) is 0 Å². The molecule has 2 rings (SSSR count). The molecular weight excluding hydrogens is 357 g/mol. The number of guanidine groups is 1. The fraction of sp³-hybridized carbons (Fsp3) is 0.615. The Bertz CT molecular complexity index is 343. The quantitative estimate of drug-likeness (QED) is 0.366. The minimum absolute atomic E-state index is 0. The zero-order valence-electron chi connectivity index (χ0n) is 10.6. The summed E-state index contributed by atoms with van der Waals surface area (Å²) in [6.45, 7) is 0.698. The molecule has 0 radical (unpaired) electrons. The molecule has 3 N–H and O–H groups in total. The van der Waals surface area contributed by atoms with Gasteiger partial charge in [0.15, 0.2) is 5.96 Å². The SMILES string of the molecule is I.NC(=NCc1cccs1)NC1CCCCCC1. The fourth-order valence-corrected chi connectivity index (χ4v) is 2.87. The maximum atomic E-state index is 5.92. The predicted molar refractivity (Wildman–Crippen MR) is 89.7 cm³/mol. The molecule has 1 aromatic heterocycles. The zero-order valence-corrected chi connectivity index (χ0v) is 13.7. The van der Waals surface area contributed by atoms with Gasteiger partial charge in [0.25, 0.3) is 0 Å². The zero-order chi connectivity index (χ0) is 11.9. The number of halogens is 1. The Morgan fingerprint density at radius 3 is 2.67 bits per heavy atom. The molecule has 3 nitrogen and oxygen atoms in total. The van der Waals surface area contributed by atoms with Crippen LogP contribution in [0.25, 0.3) is 0 Å². The fourth-order valence-electron chi connectivity index (χ4n) is 2.24. The van der Waals surface area contributed by atoms with Gasteiger partial charge in [0.05, 0.1) is 6.54 Å². The van der Waals surface area contributed by atoms with Crippen molar-refractivity contribution in [2.75, 3.05) is 0 Å². The lowest BCUT2D eigenvalue weighted by Crippen LogP contribution is -2.39. The highest BCUT2D eigenvalue weighted by Crippen LogP contribution is 2.17. The van der Waals surface area contributed by atoms with Crippen LogP contribution in [0.2, 0.25) is 0 Å². The number of thiophene rings is 1. The molecular formula is C13H22IN3S. The maximum Gasteiger partial charge on any atom is 0.189 e. The van der Waals surface area contributed by atoms with E-state index in [1.807, 2.05) is 6.07 Å². The van der Waals surface area contributed by atoms with Gasteiger partial charge in [-0.25, -0.2) is 4.99 Å². The van der Waals surface area contributed by atoms with E-state index in [1.165, 1.54) is 43.4 Å². The van der Waals surface area contributed by atoms with E-state index in [0.29, 0.717) is 18.5 Å². The summed E-state index contributed by atoms with van der Waals surface area (Å²) in [7, 11) is 0. The Morgan fingerprint density at radius 1 is 1.33 bits per heavy atom. The Kier molecular flexibility index (Phi) is 7.65. The van der Waals surface area contributed by atoms with Crippen LogP contribution in [-0.4, -0.2) is 12.0 Å². The average molecular weight is 379 g/mol. The molecule has 1 fully saturated rings. The summed E-state index contributed by atoms with van der Waals surface area (Å²) in [6, 6.07) is 4.67. The summed E-state index contributed by atoms with van der Waals surface area (Å²) in [5.74, 6) is 0.602. The lowest BCUT2D eigenvalue weighted by Gasteiger charge is -2.16. The van der Waals surface area contributed by atoms with Crippen LogP contribution in [0.5, 0.6) is 0 Å². The Labute approximate surface area is 130 Å². The number of nitrogens with two attached hydrogens (primary N) is 1. The summed E-state index contributed by atoms with van der Waals surface area (Å²) in [5, 5.41) is 5.42. The van der Waals surface area contributed by atoms with Crippen molar-refractivity contribution in [1.29, 1.82) is 0 Å². The standard InChI is InChI=1S/C13H21N3S.HI/c14-13(15-10-12-8-5-9-17-12)16-11-6-3-1-2-4-7-11;/h5,8-9,11H,1-4,6-7,10H2,(H3,14,15,16);1H. The highest BCUT2D eigenvalue weighted by Gasteiger charge is 2.12. The first-order valence-electron chi connectivity index (χ1n) is 6.43. The number of aliphatic imine (C=N–C) groups is 1. The van der Waals surface area contributed by atoms with E-state index in [4.69, 9.17) is 5.73 Å². The lowest BCUT2D eigenvalue weighted by atomic mass is 10.1. The van der Waals surface area contributed by atoms with E-state index in [2.05, 4.69) is 21.8 Å². The summed E-state index contributed by atoms with van der Waals surface area (Å²) in [4.78, 5) is 5.64. The van der Waals surface area contributed by atoms with E-state index in [0.717, 1.165) is 0 Å². The smallest absolute Gasteiger partial charge is 0.189 e. The van der Waals surface area contributed by atoms with Crippen molar-refractivity contribution in [1.82, 2.24) is 5.32 Å². The average Bonchev–Trinajstić information content (AvgIpc) is 2.72. The van der Waals surface area contributed by atoms with Gasteiger partial charge in [-0.15, -0.1) is 35.3 Å². The second kappa shape index (κ2) is 8.74. The molecule has 18 heavy (non-hydrogen) atoms. The normalized spacial score (nSPS) is 17.9. The minimum atomic E-state index is 0. The van der Waals surface area contributed by atoms with Gasteiger partial charge in [0.2, 0.25) is 0 Å². The molecule has 0 spiro atoms. The summed E-state index contributed by atoms with van der Waals surface area (Å²) >= 11 is 1.72. The van der Waals surface area contributed by atoms with E-state index in [9.17, 15) is 0 Å². The van der Waals surface area contributed by atoms with Crippen LogP contribution in [0.4, 0.5) is 0 Å². The second-order valence-electron chi connectivity index (χ2n) is 4.61. The molecule has 0 saturated heterocycles. The highest BCUT2D eigenvalue weighted by atomic mass is 127. The van der Waals surface area contributed by atoms with Crippen molar-refractivity contribution in [2.24, 2.45) is 10.7 Å². The van der Waals surface area contributed by atoms with Crippen molar-refractivity contribution in [3.8, 4) is 0 Å². The molecule has 0 atom stereocenters. The van der Waals surface area contributed by atoms with Crippen molar-refractivity contribution in [2.45, 2.75) is 51.1 Å². The topological polar surface area (TPSA) is 50.4 Å². The van der Waals surface area contributed by atoms with Crippen LogP contribution in [0.15, 0.2) is 22.5 Å². The third kappa shape index (κ3) is 5.56. The Morgan fingerprint density at radius 2 is 2.06 bits per heavy atom. The Hall–Kier alpha value is -0.300. The lowest BCUT2D eigenvalue weighted by molar-refractivity contribution is 0.530. The molecule has 1 heterocycles. The molecule has 0 aromatic carbocycles. The van der Waals surface area contributed by atoms with E-state index in [-0.39, 0.29) is 24.0 Å². The number of rotatable bonds is 3. The first-order chi connectivity index (χ1) is 8.34. The molecule has 102 valence electrons. The highest BCUT2D eigenvalue weighted by molar-refractivity contribution is 14.0. The number of hydrogen-bond acceptors (Lipinski definition) is 2. The number of hydrogen-bond donors (Lipinski definition) is 2. The van der Waals surface area contributed by atoms with Crippen LogP contribution in [0, 0.1) is 0 Å². The van der Waals surface area contributed by atoms with Crippen molar-refractivity contribution < 1.29 is 0 Å². The second-order valence-corrected chi connectivity index (χ2v) is 5.65. The maximum absolute atomic E-state index is 5.92. The first-order valence-corrected chi connectivity index (χ1v) is 7.31. The molecule has 0 aliphatic heterocycles. The predicted octanol–water partition coefficient (Wildman–Crippen LogP) is 3.49. The molecule has 1 aromatic rings. The van der Waals surface area contributed by atoms with Crippen molar-refractivity contribution in [3.63, 3.8) is 0 Å². The van der Waals surface area contributed by atoms with Gasteiger partial charge >= 0.3 is 0 Å². The minimum Gasteiger partial charge on any atom is -0.370 e. The molecule has 5 heteroatoms. The molecule has 0 bridgehead atoms. The van der Waals surface area contributed by atoms with Gasteiger partial charge in [-0.05, 0) is 24.3 Å².